The lowest BCUT2D eigenvalue weighted by molar-refractivity contribution is 1.09. The predicted octanol–water partition coefficient (Wildman–Crippen LogP) is 1.21. The Morgan fingerprint density at radius 1 is 1.71 bits per heavy atom. The molecule has 0 spiro atoms. The summed E-state index contributed by atoms with van der Waals surface area (Å²) in [5.41, 5.74) is 1.17. The average molecular weight is 113 g/mol. The quantitative estimate of drug-likeness (QED) is 0.465. The summed E-state index contributed by atoms with van der Waals surface area (Å²) in [5, 5.41) is 3.03. The Morgan fingerprint density at radius 2 is 2.57 bits per heavy atom. The molecule has 0 radical (unpaired) electrons. The first-order valence-corrected chi connectivity index (χ1v) is 2.84. The molecular weight excluding hydrogens is 105 g/mol. The van der Waals surface area contributed by atoms with Crippen LogP contribution >= 0.6 is 9.24 Å². The fourth-order valence-electron chi connectivity index (χ4n) is 0.477. The van der Waals surface area contributed by atoms with Crippen molar-refractivity contribution < 1.29 is 0 Å². The summed E-state index contributed by atoms with van der Waals surface area (Å²) in [6.07, 6.45) is 7.20. The lowest BCUT2D eigenvalue weighted by Crippen LogP contribution is -2.00. The first-order chi connectivity index (χ1) is 3.39. The highest BCUT2D eigenvalue weighted by atomic mass is 31.0. The molecule has 0 aromatic carbocycles. The number of hydrogen-bond acceptors (Lipinski definition) is 1. The number of dihydropyridines is 1. The van der Waals surface area contributed by atoms with E-state index in [1.807, 2.05) is 6.20 Å². The summed E-state index contributed by atoms with van der Waals surface area (Å²) in [7, 11) is 2.60. The van der Waals surface area contributed by atoms with Crippen LogP contribution in [0.3, 0.4) is 0 Å². The third kappa shape index (κ3) is 1.32. The fourth-order valence-corrected chi connectivity index (χ4v) is 0.709. The molecule has 1 unspecified atom stereocenters. The van der Waals surface area contributed by atoms with E-state index in [1.54, 1.807) is 0 Å². The molecule has 1 aliphatic heterocycles. The van der Waals surface area contributed by atoms with Crippen molar-refractivity contribution in [3.05, 3.63) is 23.8 Å². The highest BCUT2D eigenvalue weighted by Crippen LogP contribution is 2.05. The predicted molar refractivity (Wildman–Crippen MR) is 34.7 cm³/mol. The van der Waals surface area contributed by atoms with Crippen molar-refractivity contribution in [1.29, 1.82) is 0 Å². The van der Waals surface area contributed by atoms with Gasteiger partial charge in [-0.15, -0.1) is 0 Å². The summed E-state index contributed by atoms with van der Waals surface area (Å²) in [6.45, 7) is 0. The van der Waals surface area contributed by atoms with Crippen molar-refractivity contribution in [3.8, 4) is 0 Å². The van der Waals surface area contributed by atoms with Gasteiger partial charge in [-0.2, -0.15) is 0 Å². The van der Waals surface area contributed by atoms with Crippen molar-refractivity contribution in [1.82, 2.24) is 5.32 Å². The maximum Gasteiger partial charge on any atom is 0.0283 e. The van der Waals surface area contributed by atoms with Crippen LogP contribution in [0.25, 0.3) is 0 Å². The smallest absolute Gasteiger partial charge is 0.0283 e. The van der Waals surface area contributed by atoms with Gasteiger partial charge in [0.2, 0.25) is 0 Å². The van der Waals surface area contributed by atoms with E-state index >= 15 is 0 Å². The molecule has 1 rings (SSSR count). The average Bonchev–Trinajstić information content (AvgIpc) is 1.69. The summed E-state index contributed by atoms with van der Waals surface area (Å²) < 4.78 is 0. The van der Waals surface area contributed by atoms with Crippen LogP contribution in [-0.2, 0) is 0 Å². The zero-order chi connectivity index (χ0) is 5.11. The normalized spacial score (nSPS) is 18.1. The van der Waals surface area contributed by atoms with Crippen LogP contribution in [0.1, 0.15) is 6.42 Å². The van der Waals surface area contributed by atoms with Gasteiger partial charge in [0, 0.05) is 5.44 Å². The molecule has 0 bridgehead atoms. The fraction of sp³-hybridized carbons (Fsp3) is 0.200. The monoisotopic (exact) mass is 113 g/mol. The van der Waals surface area contributed by atoms with Crippen molar-refractivity contribution >= 4 is 9.24 Å². The van der Waals surface area contributed by atoms with Gasteiger partial charge < -0.3 is 5.32 Å². The van der Waals surface area contributed by atoms with Crippen LogP contribution in [0.5, 0.6) is 0 Å². The van der Waals surface area contributed by atoms with Crippen molar-refractivity contribution in [2.24, 2.45) is 0 Å². The molecule has 2 heteroatoms. The Bertz CT molecular complexity index is 115. The molecule has 0 fully saturated rings. The van der Waals surface area contributed by atoms with E-state index in [2.05, 4.69) is 26.7 Å². The molecule has 1 nitrogen and oxygen atoms in total. The first kappa shape index (κ1) is 4.86. The Hall–Kier alpha value is -0.290. The largest absolute Gasteiger partial charge is 0.362 e. The second-order valence-corrected chi connectivity index (χ2v) is 2.06. The Labute approximate surface area is 45.7 Å². The number of rotatable bonds is 0. The summed E-state index contributed by atoms with van der Waals surface area (Å²) in [5.74, 6) is 0. The molecule has 38 valence electrons. The van der Waals surface area contributed by atoms with E-state index in [0.717, 1.165) is 6.42 Å². The van der Waals surface area contributed by atoms with Gasteiger partial charge in [0.15, 0.2) is 0 Å². The van der Waals surface area contributed by atoms with Gasteiger partial charge in [-0.25, -0.2) is 0 Å². The van der Waals surface area contributed by atoms with Gasteiger partial charge in [-0.05, 0) is 12.6 Å². The molecule has 0 aliphatic carbocycles. The minimum absolute atomic E-state index is 1.06. The molecule has 1 heterocycles. The second-order valence-electron chi connectivity index (χ2n) is 1.44. The number of allylic oxidation sites excluding steroid dienone is 2. The first-order valence-electron chi connectivity index (χ1n) is 2.27. The van der Waals surface area contributed by atoms with Crippen molar-refractivity contribution in [2.45, 2.75) is 6.42 Å². The molecule has 0 saturated carbocycles. The molecule has 7 heavy (non-hydrogen) atoms. The molecule has 1 atom stereocenters. The van der Waals surface area contributed by atoms with Gasteiger partial charge >= 0.3 is 0 Å². The van der Waals surface area contributed by atoms with E-state index in [-0.39, 0.29) is 0 Å². The standard InChI is InChI=1S/C5H8NP/c7-5-3-1-2-4-6-5/h2-4,6H,1,7H2. The van der Waals surface area contributed by atoms with Crippen molar-refractivity contribution in [2.75, 3.05) is 0 Å². The Kier molecular flexibility index (Phi) is 1.48. The highest BCUT2D eigenvalue weighted by molar-refractivity contribution is 7.22. The Balaban J connectivity index is 2.50. The van der Waals surface area contributed by atoms with Crippen LogP contribution in [0, 0.1) is 0 Å². The SMILES string of the molecule is PC1=CCC=CN1. The van der Waals surface area contributed by atoms with E-state index in [0.29, 0.717) is 0 Å². The zero-order valence-electron chi connectivity index (χ0n) is 4.02. The van der Waals surface area contributed by atoms with Crippen LogP contribution in [0.15, 0.2) is 23.8 Å². The number of hydrogen-bond donors (Lipinski definition) is 1. The topological polar surface area (TPSA) is 12.0 Å². The van der Waals surface area contributed by atoms with E-state index in [1.165, 1.54) is 5.44 Å². The maximum atomic E-state index is 3.03. The molecule has 0 amide bonds. The third-order valence-corrected chi connectivity index (χ3v) is 1.24. The summed E-state index contributed by atoms with van der Waals surface area (Å²) >= 11 is 0. The molecule has 0 aromatic heterocycles. The minimum Gasteiger partial charge on any atom is -0.362 e. The molecule has 1 aliphatic rings. The zero-order valence-corrected chi connectivity index (χ0v) is 5.17. The molecule has 0 saturated heterocycles. The van der Waals surface area contributed by atoms with Crippen LogP contribution in [-0.4, -0.2) is 0 Å². The Morgan fingerprint density at radius 3 is 2.86 bits per heavy atom. The molecular formula is C5H8NP. The van der Waals surface area contributed by atoms with Gasteiger partial charge in [-0.3, -0.25) is 0 Å². The summed E-state index contributed by atoms with van der Waals surface area (Å²) in [6, 6.07) is 0. The lowest BCUT2D eigenvalue weighted by atomic mass is 10.3. The van der Waals surface area contributed by atoms with Crippen LogP contribution < -0.4 is 5.32 Å². The third-order valence-electron chi connectivity index (χ3n) is 0.842. The maximum absolute atomic E-state index is 3.03. The van der Waals surface area contributed by atoms with Crippen LogP contribution in [0.2, 0.25) is 0 Å². The van der Waals surface area contributed by atoms with Gasteiger partial charge in [0.05, 0.1) is 0 Å². The van der Waals surface area contributed by atoms with E-state index < -0.39 is 0 Å². The van der Waals surface area contributed by atoms with E-state index in [4.69, 9.17) is 0 Å². The van der Waals surface area contributed by atoms with Gasteiger partial charge in [0.25, 0.3) is 0 Å². The number of nitrogens with one attached hydrogen (secondary N) is 1. The summed E-state index contributed by atoms with van der Waals surface area (Å²) in [4.78, 5) is 0. The second kappa shape index (κ2) is 2.13. The van der Waals surface area contributed by atoms with E-state index in [9.17, 15) is 0 Å². The molecule has 1 N–H and O–H groups in total. The van der Waals surface area contributed by atoms with Gasteiger partial charge in [0.1, 0.15) is 0 Å². The highest BCUT2D eigenvalue weighted by Gasteiger charge is 1.85. The van der Waals surface area contributed by atoms with Crippen LogP contribution in [0.4, 0.5) is 0 Å². The lowest BCUT2D eigenvalue weighted by Gasteiger charge is -2.02. The van der Waals surface area contributed by atoms with Gasteiger partial charge in [-0.1, -0.05) is 21.4 Å². The molecule has 0 aromatic rings. The minimum atomic E-state index is 1.06. The van der Waals surface area contributed by atoms with Crippen molar-refractivity contribution in [3.63, 3.8) is 0 Å².